The van der Waals surface area contributed by atoms with E-state index >= 15 is 0 Å². The van der Waals surface area contributed by atoms with Crippen molar-refractivity contribution in [3.05, 3.63) is 30.1 Å². The largest absolute Gasteiger partial charge is 0.311 e. The molecule has 0 saturated carbocycles. The number of hydrogen-bond donors (Lipinski definition) is 2. The second-order valence-electron chi connectivity index (χ2n) is 3.12. The van der Waals surface area contributed by atoms with E-state index < -0.39 is 0 Å². The molecule has 1 rings (SSSR count). The van der Waals surface area contributed by atoms with E-state index in [0.29, 0.717) is 5.17 Å². The van der Waals surface area contributed by atoms with E-state index in [0.717, 1.165) is 11.4 Å². The Hall–Kier alpha value is -1.56. The molecule has 1 amide bonds. The summed E-state index contributed by atoms with van der Waals surface area (Å²) in [6.45, 7) is 2.00. The number of amidine groups is 1. The highest BCUT2D eigenvalue weighted by Gasteiger charge is 2.07. The lowest BCUT2D eigenvalue weighted by Crippen LogP contribution is -2.31. The normalized spacial score (nSPS) is 11.1. The van der Waals surface area contributed by atoms with Gasteiger partial charge in [0.1, 0.15) is 0 Å². The van der Waals surface area contributed by atoms with E-state index in [1.165, 1.54) is 11.8 Å². The Balaban J connectivity index is 2.51. The number of nitrogens with one attached hydrogen (secondary N) is 2. The van der Waals surface area contributed by atoms with Crippen LogP contribution in [0.2, 0.25) is 0 Å². The van der Waals surface area contributed by atoms with Gasteiger partial charge in [0.2, 0.25) is 5.91 Å². The molecule has 1 aromatic heterocycles. The number of hydrazone groups is 1. The van der Waals surface area contributed by atoms with Crippen molar-refractivity contribution in [1.82, 2.24) is 15.7 Å². The molecule has 6 heteroatoms. The maximum Gasteiger partial charge on any atom is 0.231 e. The zero-order valence-corrected chi connectivity index (χ0v) is 10.8. The monoisotopic (exact) mass is 252 g/mol. The topological polar surface area (TPSA) is 66.4 Å². The lowest BCUT2D eigenvalue weighted by Gasteiger charge is -2.06. The van der Waals surface area contributed by atoms with E-state index in [1.807, 2.05) is 25.1 Å². The third-order valence-corrected chi connectivity index (χ3v) is 2.56. The van der Waals surface area contributed by atoms with Crippen molar-refractivity contribution in [3.63, 3.8) is 0 Å². The van der Waals surface area contributed by atoms with Crippen LogP contribution in [0.1, 0.15) is 12.6 Å². The quantitative estimate of drug-likeness (QED) is 0.476. The standard InChI is InChI=1S/C11H16N4OS/c1-3-17-11(15-12-2)14-10(16)8-9-6-4-5-7-13-9/h4-7,12H,3,8H2,1-2H3,(H,14,15,16). The van der Waals surface area contributed by atoms with Gasteiger partial charge in [-0.25, -0.2) is 0 Å². The highest BCUT2D eigenvalue weighted by Crippen LogP contribution is 2.01. The predicted molar refractivity (Wildman–Crippen MR) is 70.7 cm³/mol. The number of carbonyl (C=O) groups is 1. The number of thioether (sulfide) groups is 1. The summed E-state index contributed by atoms with van der Waals surface area (Å²) in [5.74, 6) is 0.739. The Morgan fingerprint density at radius 1 is 1.53 bits per heavy atom. The zero-order valence-electron chi connectivity index (χ0n) is 9.93. The molecule has 0 aliphatic carbocycles. The van der Waals surface area contributed by atoms with Crippen molar-refractivity contribution in [1.29, 1.82) is 0 Å². The highest BCUT2D eigenvalue weighted by molar-refractivity contribution is 8.13. The number of carbonyl (C=O) groups excluding carboxylic acids is 1. The molecule has 17 heavy (non-hydrogen) atoms. The van der Waals surface area contributed by atoms with Gasteiger partial charge in [0.25, 0.3) is 0 Å². The lowest BCUT2D eigenvalue weighted by atomic mass is 10.2. The molecule has 0 radical (unpaired) electrons. The molecule has 0 fully saturated rings. The summed E-state index contributed by atoms with van der Waals surface area (Å²) in [7, 11) is 1.70. The van der Waals surface area contributed by atoms with Gasteiger partial charge in [-0.1, -0.05) is 24.8 Å². The number of amides is 1. The average Bonchev–Trinajstić information content (AvgIpc) is 2.30. The molecular weight excluding hydrogens is 236 g/mol. The van der Waals surface area contributed by atoms with Crippen molar-refractivity contribution in [2.45, 2.75) is 13.3 Å². The number of pyridine rings is 1. The molecule has 0 aliphatic heterocycles. The van der Waals surface area contributed by atoms with Gasteiger partial charge in [-0.05, 0) is 17.9 Å². The fourth-order valence-corrected chi connectivity index (χ4v) is 1.78. The first-order chi connectivity index (χ1) is 8.26. The third kappa shape index (κ3) is 5.35. The minimum Gasteiger partial charge on any atom is -0.311 e. The molecule has 0 aromatic carbocycles. The maximum absolute atomic E-state index is 11.7. The third-order valence-electron chi connectivity index (χ3n) is 1.81. The lowest BCUT2D eigenvalue weighted by molar-refractivity contribution is -0.119. The smallest absolute Gasteiger partial charge is 0.231 e. The van der Waals surface area contributed by atoms with Crippen molar-refractivity contribution in [2.24, 2.45) is 5.10 Å². The fourth-order valence-electron chi connectivity index (χ4n) is 1.17. The minimum absolute atomic E-state index is 0.112. The number of rotatable bonds is 4. The molecule has 0 aliphatic rings. The van der Waals surface area contributed by atoms with Crippen LogP contribution in [0.4, 0.5) is 0 Å². The summed E-state index contributed by atoms with van der Waals surface area (Å²) in [5.41, 5.74) is 3.40. The molecular formula is C11H16N4OS. The fraction of sp³-hybridized carbons (Fsp3) is 0.364. The van der Waals surface area contributed by atoms with Gasteiger partial charge < -0.3 is 10.7 Å². The molecule has 0 bridgehead atoms. The van der Waals surface area contributed by atoms with Crippen molar-refractivity contribution >= 4 is 22.8 Å². The minimum atomic E-state index is -0.112. The van der Waals surface area contributed by atoms with E-state index in [2.05, 4.69) is 20.8 Å². The van der Waals surface area contributed by atoms with E-state index in [-0.39, 0.29) is 12.3 Å². The van der Waals surface area contributed by atoms with Crippen molar-refractivity contribution in [2.75, 3.05) is 12.8 Å². The SMILES string of the molecule is CCS/C(=N\NC)NC(=O)Cc1ccccn1. The summed E-state index contributed by atoms with van der Waals surface area (Å²) in [4.78, 5) is 15.8. The van der Waals surface area contributed by atoms with Crippen LogP contribution in [0.3, 0.4) is 0 Å². The Kier molecular flexibility index (Phi) is 6.09. The van der Waals surface area contributed by atoms with Gasteiger partial charge in [0.15, 0.2) is 5.17 Å². The van der Waals surface area contributed by atoms with Gasteiger partial charge in [-0.2, -0.15) is 5.10 Å². The first kappa shape index (κ1) is 13.5. The molecule has 0 saturated heterocycles. The van der Waals surface area contributed by atoms with E-state index in [4.69, 9.17) is 0 Å². The van der Waals surface area contributed by atoms with Gasteiger partial charge in [0, 0.05) is 18.9 Å². The molecule has 1 aromatic rings. The molecule has 0 spiro atoms. The summed E-state index contributed by atoms with van der Waals surface area (Å²) < 4.78 is 0. The highest BCUT2D eigenvalue weighted by atomic mass is 32.2. The molecule has 2 N–H and O–H groups in total. The molecule has 92 valence electrons. The number of nitrogens with zero attached hydrogens (tertiary/aromatic N) is 2. The van der Waals surface area contributed by atoms with E-state index in [1.54, 1.807) is 13.2 Å². The summed E-state index contributed by atoms with van der Waals surface area (Å²) in [6, 6.07) is 5.50. The van der Waals surface area contributed by atoms with Crippen LogP contribution in [0.15, 0.2) is 29.5 Å². The molecule has 1 heterocycles. The summed E-state index contributed by atoms with van der Waals surface area (Å²) >= 11 is 1.48. The van der Waals surface area contributed by atoms with E-state index in [9.17, 15) is 4.79 Å². The van der Waals surface area contributed by atoms with Crippen LogP contribution in [-0.2, 0) is 11.2 Å². The first-order valence-electron chi connectivity index (χ1n) is 5.33. The Morgan fingerprint density at radius 2 is 2.35 bits per heavy atom. The van der Waals surface area contributed by atoms with Crippen molar-refractivity contribution in [3.8, 4) is 0 Å². The zero-order chi connectivity index (χ0) is 12.5. The van der Waals surface area contributed by atoms with Crippen LogP contribution in [0, 0.1) is 0 Å². The second kappa shape index (κ2) is 7.67. The summed E-state index contributed by atoms with van der Waals surface area (Å²) in [5, 5.41) is 7.29. The maximum atomic E-state index is 11.7. The molecule has 0 atom stereocenters. The van der Waals surface area contributed by atoms with Crippen LogP contribution in [0.5, 0.6) is 0 Å². The second-order valence-corrected chi connectivity index (χ2v) is 4.37. The Morgan fingerprint density at radius 3 is 2.94 bits per heavy atom. The van der Waals surface area contributed by atoms with Gasteiger partial charge >= 0.3 is 0 Å². The van der Waals surface area contributed by atoms with Crippen LogP contribution >= 0.6 is 11.8 Å². The van der Waals surface area contributed by atoms with Gasteiger partial charge in [0.05, 0.1) is 6.42 Å². The van der Waals surface area contributed by atoms with Crippen LogP contribution in [0.25, 0.3) is 0 Å². The molecule has 5 nitrogen and oxygen atoms in total. The van der Waals surface area contributed by atoms with Gasteiger partial charge in [-0.3, -0.25) is 9.78 Å². The number of aromatic nitrogens is 1. The first-order valence-corrected chi connectivity index (χ1v) is 6.31. The van der Waals surface area contributed by atoms with Crippen LogP contribution in [-0.4, -0.2) is 28.9 Å². The van der Waals surface area contributed by atoms with Gasteiger partial charge in [-0.15, -0.1) is 0 Å². The van der Waals surface area contributed by atoms with Crippen molar-refractivity contribution < 1.29 is 4.79 Å². The van der Waals surface area contributed by atoms with Crippen LogP contribution < -0.4 is 10.7 Å². The Labute approximate surface area is 105 Å². The molecule has 0 unspecified atom stereocenters. The predicted octanol–water partition coefficient (Wildman–Crippen LogP) is 0.984. The summed E-state index contributed by atoms with van der Waals surface area (Å²) in [6.07, 6.45) is 1.93. The Bertz CT molecular complexity index is 380. The number of hydrogen-bond acceptors (Lipinski definition) is 5. The average molecular weight is 252 g/mol.